The van der Waals surface area contributed by atoms with Crippen LogP contribution in [-0.2, 0) is 0 Å². The molecule has 0 bridgehead atoms. The molecule has 0 saturated heterocycles. The number of hydrogen-bond donors (Lipinski definition) is 2. The molecule has 0 aliphatic carbocycles. The molecular weight excluding hydrogens is 429 g/mol. The standard InChI is InChI=1S/C23H18FN5O4/c24-17-5-1-2-6-18(17)29-23(28-9-3-4-10-28)16(14-25-29)22(31)27-26-21(30)15-7-8-19-20(13-15)33-12-11-32-19/h1-10,13-14H,11-12H2,(H,26,30)(H,27,31). The minimum absolute atomic E-state index is 0.136. The molecule has 5 rings (SSSR count). The van der Waals surface area contributed by atoms with Gasteiger partial charge >= 0.3 is 0 Å². The summed E-state index contributed by atoms with van der Waals surface area (Å²) in [5.74, 6) is -0.319. The number of carbonyl (C=O) groups is 2. The first-order valence-electron chi connectivity index (χ1n) is 10.1. The average molecular weight is 447 g/mol. The lowest BCUT2D eigenvalue weighted by Crippen LogP contribution is -2.41. The molecule has 2 aromatic carbocycles. The van der Waals surface area contributed by atoms with Crippen molar-refractivity contribution in [1.82, 2.24) is 25.2 Å². The number of ether oxygens (including phenoxy) is 2. The molecular formula is C23H18FN5O4. The molecule has 33 heavy (non-hydrogen) atoms. The minimum atomic E-state index is -0.618. The van der Waals surface area contributed by atoms with Crippen molar-refractivity contribution in [2.75, 3.05) is 13.2 Å². The first-order valence-corrected chi connectivity index (χ1v) is 10.1. The summed E-state index contributed by atoms with van der Waals surface area (Å²) >= 11 is 0. The number of nitrogens with one attached hydrogen (secondary N) is 2. The van der Waals surface area contributed by atoms with Gasteiger partial charge in [-0.15, -0.1) is 0 Å². The van der Waals surface area contributed by atoms with E-state index in [0.29, 0.717) is 30.5 Å². The van der Waals surface area contributed by atoms with Gasteiger partial charge in [-0.2, -0.15) is 5.10 Å². The fraction of sp³-hybridized carbons (Fsp3) is 0.0870. The number of carbonyl (C=O) groups excluding carboxylic acids is 2. The number of amides is 2. The van der Waals surface area contributed by atoms with E-state index in [2.05, 4.69) is 16.0 Å². The van der Waals surface area contributed by atoms with Crippen LogP contribution in [0.1, 0.15) is 20.7 Å². The summed E-state index contributed by atoms with van der Waals surface area (Å²) < 4.78 is 28.3. The molecule has 0 radical (unpaired) electrons. The molecule has 10 heteroatoms. The fourth-order valence-electron chi connectivity index (χ4n) is 3.46. The molecule has 3 heterocycles. The summed E-state index contributed by atoms with van der Waals surface area (Å²) in [5, 5.41) is 4.21. The number of hydrogen-bond acceptors (Lipinski definition) is 5. The molecule has 0 spiro atoms. The average Bonchev–Trinajstić information content (AvgIpc) is 3.52. The van der Waals surface area contributed by atoms with Crippen LogP contribution in [0.2, 0.25) is 0 Å². The van der Waals surface area contributed by atoms with E-state index in [1.807, 2.05) is 0 Å². The summed E-state index contributed by atoms with van der Waals surface area (Å²) in [4.78, 5) is 25.5. The maximum atomic E-state index is 14.4. The van der Waals surface area contributed by atoms with E-state index in [9.17, 15) is 14.0 Å². The molecule has 0 unspecified atom stereocenters. The Balaban J connectivity index is 1.39. The highest BCUT2D eigenvalue weighted by Gasteiger charge is 2.22. The number of benzene rings is 2. The zero-order valence-corrected chi connectivity index (χ0v) is 17.2. The van der Waals surface area contributed by atoms with Gasteiger partial charge in [-0.05, 0) is 42.5 Å². The second-order valence-corrected chi connectivity index (χ2v) is 7.10. The Hall–Kier alpha value is -4.60. The van der Waals surface area contributed by atoms with Crippen LogP contribution in [-0.4, -0.2) is 39.4 Å². The lowest BCUT2D eigenvalue weighted by atomic mass is 10.2. The highest BCUT2D eigenvalue weighted by Crippen LogP contribution is 2.30. The van der Waals surface area contributed by atoms with Gasteiger partial charge in [-0.3, -0.25) is 20.4 Å². The first kappa shape index (κ1) is 20.3. The van der Waals surface area contributed by atoms with Gasteiger partial charge in [0.05, 0.1) is 6.20 Å². The van der Waals surface area contributed by atoms with Crippen LogP contribution in [0.15, 0.2) is 73.2 Å². The Morgan fingerprint density at radius 1 is 0.909 bits per heavy atom. The van der Waals surface area contributed by atoms with Crippen molar-refractivity contribution < 1.29 is 23.5 Å². The summed E-state index contributed by atoms with van der Waals surface area (Å²) in [5.41, 5.74) is 5.37. The second-order valence-electron chi connectivity index (χ2n) is 7.10. The highest BCUT2D eigenvalue weighted by molar-refractivity contribution is 6.01. The fourth-order valence-corrected chi connectivity index (χ4v) is 3.46. The van der Waals surface area contributed by atoms with E-state index < -0.39 is 17.6 Å². The minimum Gasteiger partial charge on any atom is -0.486 e. The van der Waals surface area contributed by atoms with Gasteiger partial charge in [0.25, 0.3) is 11.8 Å². The van der Waals surface area contributed by atoms with Crippen molar-refractivity contribution in [3.05, 3.63) is 90.1 Å². The number of halogens is 1. The number of nitrogens with zero attached hydrogens (tertiary/aromatic N) is 3. The molecule has 1 aliphatic heterocycles. The molecule has 2 amide bonds. The van der Waals surface area contributed by atoms with Crippen LogP contribution in [0.5, 0.6) is 11.5 Å². The zero-order chi connectivity index (χ0) is 22.8. The quantitative estimate of drug-likeness (QED) is 0.469. The number of fused-ring (bicyclic) bond motifs is 1. The smallest absolute Gasteiger partial charge is 0.275 e. The van der Waals surface area contributed by atoms with Crippen LogP contribution < -0.4 is 20.3 Å². The van der Waals surface area contributed by atoms with Crippen LogP contribution in [0.3, 0.4) is 0 Å². The number of para-hydroxylation sites is 1. The van der Waals surface area contributed by atoms with Crippen molar-refractivity contribution in [3.63, 3.8) is 0 Å². The molecule has 1 aliphatic rings. The molecule has 9 nitrogen and oxygen atoms in total. The van der Waals surface area contributed by atoms with Crippen molar-refractivity contribution in [2.45, 2.75) is 0 Å². The van der Waals surface area contributed by atoms with Crippen LogP contribution in [0, 0.1) is 5.82 Å². The summed E-state index contributed by atoms with van der Waals surface area (Å²) in [6.45, 7) is 0.835. The van der Waals surface area contributed by atoms with E-state index in [1.165, 1.54) is 23.0 Å². The molecule has 4 aromatic rings. The predicted octanol–water partition coefficient (Wildman–Crippen LogP) is 2.65. The van der Waals surface area contributed by atoms with Gasteiger partial charge in [-0.1, -0.05) is 12.1 Å². The van der Waals surface area contributed by atoms with Crippen LogP contribution in [0.25, 0.3) is 11.5 Å². The van der Waals surface area contributed by atoms with Crippen molar-refractivity contribution >= 4 is 11.8 Å². The van der Waals surface area contributed by atoms with E-state index in [0.717, 1.165) is 0 Å². The van der Waals surface area contributed by atoms with Crippen molar-refractivity contribution in [3.8, 4) is 23.0 Å². The van der Waals surface area contributed by atoms with Gasteiger partial charge in [-0.25, -0.2) is 9.07 Å². The van der Waals surface area contributed by atoms with Gasteiger partial charge in [0.2, 0.25) is 0 Å². The third-order valence-electron chi connectivity index (χ3n) is 5.01. The Labute approximate surface area is 187 Å². The van der Waals surface area contributed by atoms with E-state index in [4.69, 9.17) is 9.47 Å². The Morgan fingerprint density at radius 2 is 1.64 bits per heavy atom. The SMILES string of the molecule is O=C(NNC(=O)c1cnn(-c2ccccc2F)c1-n1cccc1)c1ccc2c(c1)OCCO2. The normalized spacial score (nSPS) is 12.3. The number of hydrazine groups is 1. The molecule has 0 atom stereocenters. The van der Waals surface area contributed by atoms with Crippen LogP contribution in [0.4, 0.5) is 4.39 Å². The maximum Gasteiger partial charge on any atom is 0.275 e. The number of aromatic nitrogens is 3. The van der Waals surface area contributed by atoms with Gasteiger partial charge in [0.1, 0.15) is 30.3 Å². The predicted molar refractivity (Wildman–Crippen MR) is 115 cm³/mol. The molecule has 2 N–H and O–H groups in total. The Kier molecular flexibility index (Phi) is 5.23. The Bertz CT molecular complexity index is 1330. The maximum absolute atomic E-state index is 14.4. The largest absolute Gasteiger partial charge is 0.486 e. The van der Waals surface area contributed by atoms with Crippen LogP contribution >= 0.6 is 0 Å². The van der Waals surface area contributed by atoms with E-state index in [-0.39, 0.29) is 16.8 Å². The van der Waals surface area contributed by atoms with Gasteiger partial charge < -0.3 is 14.0 Å². The Morgan fingerprint density at radius 3 is 2.42 bits per heavy atom. The lowest BCUT2D eigenvalue weighted by Gasteiger charge is -2.18. The summed E-state index contributed by atoms with van der Waals surface area (Å²) in [6, 6.07) is 14.4. The number of rotatable bonds is 4. The molecule has 166 valence electrons. The van der Waals surface area contributed by atoms with E-state index >= 15 is 0 Å². The second kappa shape index (κ2) is 8.50. The monoisotopic (exact) mass is 447 g/mol. The van der Waals surface area contributed by atoms with Gasteiger partial charge in [0, 0.05) is 18.0 Å². The lowest BCUT2D eigenvalue weighted by molar-refractivity contribution is 0.0846. The van der Waals surface area contributed by atoms with E-state index in [1.54, 1.807) is 59.4 Å². The van der Waals surface area contributed by atoms with Crippen molar-refractivity contribution in [1.29, 1.82) is 0 Å². The summed E-state index contributed by atoms with van der Waals surface area (Å²) in [7, 11) is 0. The molecule has 0 saturated carbocycles. The third-order valence-corrected chi connectivity index (χ3v) is 5.01. The first-order chi connectivity index (χ1) is 16.1. The third kappa shape index (κ3) is 3.89. The van der Waals surface area contributed by atoms with Gasteiger partial charge in [0.15, 0.2) is 17.3 Å². The molecule has 0 fully saturated rings. The molecule has 2 aromatic heterocycles. The highest BCUT2D eigenvalue weighted by atomic mass is 19.1. The van der Waals surface area contributed by atoms with Crippen molar-refractivity contribution in [2.24, 2.45) is 0 Å². The zero-order valence-electron chi connectivity index (χ0n) is 17.2. The topological polar surface area (TPSA) is 99.4 Å². The summed E-state index contributed by atoms with van der Waals surface area (Å²) in [6.07, 6.45) is 4.73.